The smallest absolute Gasteiger partial charge is 0.320 e. The fourth-order valence-corrected chi connectivity index (χ4v) is 5.79. The lowest BCUT2D eigenvalue weighted by molar-refractivity contribution is -0.696. The predicted octanol–water partition coefficient (Wildman–Crippen LogP) is 9.17. The first-order valence-corrected chi connectivity index (χ1v) is 16.5. The van der Waals surface area contributed by atoms with Crippen LogP contribution in [-0.4, -0.2) is 48.1 Å². The number of carbonyl (C=O) groups is 2. The highest BCUT2D eigenvalue weighted by Crippen LogP contribution is 2.26. The maximum atomic E-state index is 12.6. The number of thiol groups is 1. The molecular weight excluding hydrogens is 514 g/mol. The minimum atomic E-state index is -0.814. The molecule has 0 saturated carbocycles. The first-order valence-electron chi connectivity index (χ1n) is 15.6. The van der Waals surface area contributed by atoms with E-state index in [4.69, 9.17) is 34.5 Å². The Kier molecular flexibility index (Phi) is 24.9. The number of hydrogen-bond acceptors (Lipinski definition) is 6. The lowest BCUT2D eigenvalue weighted by atomic mass is 10.0. The summed E-state index contributed by atoms with van der Waals surface area (Å²) in [5.74, 6) is -1.75. The van der Waals surface area contributed by atoms with Crippen LogP contribution in [0.2, 0.25) is 0 Å². The summed E-state index contributed by atoms with van der Waals surface area (Å²) in [6, 6.07) is 0. The van der Waals surface area contributed by atoms with Gasteiger partial charge in [-0.1, -0.05) is 117 Å². The first kappa shape index (κ1) is 37.3. The Morgan fingerprint density at radius 2 is 0.974 bits per heavy atom. The average molecular weight is 575 g/mol. The molecule has 0 aliphatic carbocycles. The van der Waals surface area contributed by atoms with Gasteiger partial charge in [0.2, 0.25) is 4.99 Å². The van der Waals surface area contributed by atoms with E-state index in [1.165, 1.54) is 117 Å². The Labute approximate surface area is 246 Å². The molecule has 1 atom stereocenters. The van der Waals surface area contributed by atoms with Crippen molar-refractivity contribution in [2.45, 2.75) is 149 Å². The van der Waals surface area contributed by atoms with Crippen molar-refractivity contribution in [2.24, 2.45) is 5.92 Å². The van der Waals surface area contributed by atoms with Gasteiger partial charge in [0, 0.05) is 0 Å². The van der Waals surface area contributed by atoms with Crippen LogP contribution in [0, 0.1) is 5.92 Å². The van der Waals surface area contributed by atoms with Crippen LogP contribution in [0.4, 0.5) is 0 Å². The van der Waals surface area contributed by atoms with E-state index >= 15 is 0 Å². The van der Waals surface area contributed by atoms with Gasteiger partial charge in [-0.2, -0.15) is 0 Å². The molecule has 0 heterocycles. The number of methoxy groups -OCH3 is 2. The molecule has 0 radical (unpaired) electrons. The van der Waals surface area contributed by atoms with Crippen LogP contribution in [0.25, 0.3) is 0 Å². The Bertz CT molecular complexity index is 591. The van der Waals surface area contributed by atoms with Gasteiger partial charge in [0.1, 0.15) is 0 Å². The van der Waals surface area contributed by atoms with Gasteiger partial charge in [-0.3, -0.25) is 9.59 Å². The molecule has 0 aliphatic rings. The second kappa shape index (κ2) is 25.3. The normalized spacial score (nSPS) is 12.3. The topological polar surface area (TPSA) is 52.6 Å². The second-order valence-corrected chi connectivity index (χ2v) is 12.1. The van der Waals surface area contributed by atoms with Crippen LogP contribution < -0.4 is 0 Å². The summed E-state index contributed by atoms with van der Waals surface area (Å²) in [6.07, 6.45) is 25.2. The third-order valence-corrected chi connectivity index (χ3v) is 8.94. The second-order valence-electron chi connectivity index (χ2n) is 10.9. The molecule has 0 bridgehead atoms. The maximum absolute atomic E-state index is 12.6. The van der Waals surface area contributed by atoms with Crippen LogP contribution in [0.15, 0.2) is 0 Å². The van der Waals surface area contributed by atoms with Crippen molar-refractivity contribution in [1.29, 1.82) is 0 Å². The summed E-state index contributed by atoms with van der Waals surface area (Å²) in [5.41, 5.74) is 0. The number of thiocarbonyl (C=S) groups is 1. The summed E-state index contributed by atoms with van der Waals surface area (Å²) < 4.78 is 10.1. The van der Waals surface area contributed by atoms with Crippen LogP contribution >= 0.6 is 25.0 Å². The fourth-order valence-electron chi connectivity index (χ4n) is 5.01. The van der Waals surface area contributed by atoms with Gasteiger partial charge in [-0.25, -0.2) is 3.89 Å². The monoisotopic (exact) mass is 574 g/mol. The highest BCUT2D eigenvalue weighted by molar-refractivity contribution is 7.82. The van der Waals surface area contributed by atoms with E-state index in [-0.39, 0.29) is 10.3 Å². The quantitative estimate of drug-likeness (QED) is 0.0367. The Morgan fingerprint density at radius 3 is 1.29 bits per heavy atom. The summed E-state index contributed by atoms with van der Waals surface area (Å²) >= 11 is 10.9. The predicted molar refractivity (Wildman–Crippen MR) is 167 cm³/mol. The van der Waals surface area contributed by atoms with E-state index < -0.39 is 17.9 Å². The van der Waals surface area contributed by atoms with E-state index in [1.807, 2.05) is 0 Å². The zero-order valence-electron chi connectivity index (χ0n) is 25.3. The number of rotatable bonds is 26. The van der Waals surface area contributed by atoms with E-state index in [0.29, 0.717) is 4.99 Å². The summed E-state index contributed by atoms with van der Waals surface area (Å²) in [5, 5.41) is 0. The van der Waals surface area contributed by atoms with Crippen LogP contribution in [-0.2, 0) is 19.1 Å². The highest BCUT2D eigenvalue weighted by atomic mass is 32.1. The minimum Gasteiger partial charge on any atom is -0.469 e. The largest absolute Gasteiger partial charge is 0.469 e. The molecule has 0 aromatic carbocycles. The molecule has 7 heteroatoms. The fraction of sp³-hybridized carbons (Fsp3) is 0.903. The Hall–Kier alpha value is -0.660. The zero-order valence-corrected chi connectivity index (χ0v) is 27.0. The van der Waals surface area contributed by atoms with Crippen molar-refractivity contribution >= 4 is 42.0 Å². The number of hydrogen-bond donors (Lipinski definition) is 1. The minimum absolute atomic E-state index is 0.0986. The number of unbranched alkanes of at least 4 members (excludes halogenated alkanes) is 18. The van der Waals surface area contributed by atoms with Gasteiger partial charge < -0.3 is 9.47 Å². The van der Waals surface area contributed by atoms with Crippen molar-refractivity contribution in [3.05, 3.63) is 0 Å². The molecule has 224 valence electrons. The number of carbonyl (C=O) groups excluding carboxylic acids is 2. The summed E-state index contributed by atoms with van der Waals surface area (Å²) in [7, 11) is 2.67. The van der Waals surface area contributed by atoms with Gasteiger partial charge in [0.15, 0.2) is 5.92 Å². The number of esters is 2. The van der Waals surface area contributed by atoms with E-state index in [1.54, 1.807) is 0 Å². The SMILES string of the molecule is CCCCCCCCCCCC[N+](S)(CCCCCCCCCCCC)C(=S)C(CC(=O)OC)C(=O)OC. The standard InChI is InChI=1S/C31H60NO4S2/c1-5-7-9-11-13-15-17-19-21-23-25-32(38,26-24-22-20-18-16-14-12-10-8-6-2)30(37)28(31(34)36-4)27-29(33)35-3/h28,38H,5-27H2,1-4H3/q+1. The Morgan fingerprint density at radius 1 is 0.632 bits per heavy atom. The third-order valence-electron chi connectivity index (χ3n) is 7.56. The highest BCUT2D eigenvalue weighted by Gasteiger charge is 2.41. The molecule has 0 saturated heterocycles. The summed E-state index contributed by atoms with van der Waals surface area (Å²) in [6.45, 7) is 6.05. The van der Waals surface area contributed by atoms with Crippen molar-refractivity contribution in [3.63, 3.8) is 0 Å². The molecule has 0 aromatic heterocycles. The lowest BCUT2D eigenvalue weighted by Gasteiger charge is -2.34. The van der Waals surface area contributed by atoms with E-state index in [9.17, 15) is 9.59 Å². The molecule has 38 heavy (non-hydrogen) atoms. The van der Waals surface area contributed by atoms with Gasteiger partial charge >= 0.3 is 11.9 Å². The molecular formula is C31H60NO4S2+. The molecule has 0 rings (SSSR count). The number of nitrogens with zero attached hydrogens (tertiary/aromatic N) is 1. The molecule has 0 spiro atoms. The first-order chi connectivity index (χ1) is 18.4. The van der Waals surface area contributed by atoms with Gasteiger partial charge in [-0.05, 0) is 37.9 Å². The van der Waals surface area contributed by atoms with Crippen molar-refractivity contribution in [1.82, 2.24) is 0 Å². The van der Waals surface area contributed by atoms with Crippen LogP contribution in [0.3, 0.4) is 0 Å². The van der Waals surface area contributed by atoms with E-state index in [2.05, 4.69) is 13.8 Å². The maximum Gasteiger partial charge on any atom is 0.320 e. The molecule has 0 aliphatic heterocycles. The Balaban J connectivity index is 4.79. The van der Waals surface area contributed by atoms with Gasteiger partial charge in [0.05, 0.1) is 46.5 Å². The number of ether oxygens (including phenoxy) is 2. The van der Waals surface area contributed by atoms with Crippen LogP contribution in [0.1, 0.15) is 149 Å². The van der Waals surface area contributed by atoms with Gasteiger partial charge in [0.25, 0.3) is 0 Å². The molecule has 1 unspecified atom stereocenters. The van der Waals surface area contributed by atoms with Crippen LogP contribution in [0.5, 0.6) is 0 Å². The van der Waals surface area contributed by atoms with Gasteiger partial charge in [-0.15, -0.1) is 0 Å². The molecule has 5 nitrogen and oxygen atoms in total. The zero-order chi connectivity index (χ0) is 28.5. The van der Waals surface area contributed by atoms with E-state index in [0.717, 1.165) is 38.8 Å². The molecule has 0 N–H and O–H groups in total. The molecule has 0 aromatic rings. The molecule has 0 amide bonds. The average Bonchev–Trinajstić information content (AvgIpc) is 2.92. The molecule has 0 fully saturated rings. The lowest BCUT2D eigenvalue weighted by Crippen LogP contribution is -2.50. The van der Waals surface area contributed by atoms with Crippen molar-refractivity contribution in [3.8, 4) is 0 Å². The van der Waals surface area contributed by atoms with Crippen molar-refractivity contribution < 1.29 is 23.0 Å². The number of quaternary nitrogens is 1. The van der Waals surface area contributed by atoms with Crippen molar-refractivity contribution in [2.75, 3.05) is 27.3 Å². The third kappa shape index (κ3) is 18.6. The summed E-state index contributed by atoms with van der Waals surface area (Å²) in [4.78, 5) is 25.1.